The molecule has 1 atom stereocenters. The van der Waals surface area contributed by atoms with Gasteiger partial charge in [0.1, 0.15) is 12.1 Å². The van der Waals surface area contributed by atoms with Crippen molar-refractivity contribution in [3.63, 3.8) is 0 Å². The van der Waals surface area contributed by atoms with E-state index in [4.69, 9.17) is 0 Å². The molecule has 0 saturated carbocycles. The summed E-state index contributed by atoms with van der Waals surface area (Å²) in [6.45, 7) is -0.256. The number of aliphatic carboxylic acids is 1. The average Bonchev–Trinajstić information content (AvgIpc) is 2.98. The SMILES string of the molecule is O=C(Cn1ccc([N+](=O)[O-])n1)NC1(C(=O)O)CCSC1. The molecule has 0 spiro atoms. The van der Waals surface area contributed by atoms with Gasteiger partial charge in [0, 0.05) is 5.75 Å². The van der Waals surface area contributed by atoms with Crippen molar-refractivity contribution in [2.75, 3.05) is 11.5 Å². The van der Waals surface area contributed by atoms with Crippen LogP contribution in [0.3, 0.4) is 0 Å². The second-order valence-corrected chi connectivity index (χ2v) is 5.47. The van der Waals surface area contributed by atoms with Crippen LogP contribution >= 0.6 is 11.8 Å². The molecule has 1 amide bonds. The van der Waals surface area contributed by atoms with Gasteiger partial charge in [-0.15, -0.1) is 0 Å². The number of carbonyl (C=O) groups excluding carboxylic acids is 1. The van der Waals surface area contributed by atoms with Crippen molar-refractivity contribution < 1.29 is 19.6 Å². The third kappa shape index (κ3) is 2.90. The highest BCUT2D eigenvalue weighted by Crippen LogP contribution is 2.28. The van der Waals surface area contributed by atoms with Gasteiger partial charge in [0.05, 0.1) is 17.4 Å². The van der Waals surface area contributed by atoms with Gasteiger partial charge in [-0.25, -0.2) is 4.79 Å². The van der Waals surface area contributed by atoms with Gasteiger partial charge < -0.3 is 20.5 Å². The molecule has 0 aromatic carbocycles. The van der Waals surface area contributed by atoms with Crippen molar-refractivity contribution in [1.82, 2.24) is 15.1 Å². The quantitative estimate of drug-likeness (QED) is 0.572. The highest BCUT2D eigenvalue weighted by Gasteiger charge is 2.43. The number of carbonyl (C=O) groups is 2. The topological polar surface area (TPSA) is 127 Å². The number of thioether (sulfide) groups is 1. The zero-order valence-electron chi connectivity index (χ0n) is 10.3. The molecule has 0 aliphatic carbocycles. The number of aromatic nitrogens is 2. The minimum atomic E-state index is -1.25. The third-order valence-corrected chi connectivity index (χ3v) is 4.12. The lowest BCUT2D eigenvalue weighted by Gasteiger charge is -2.24. The van der Waals surface area contributed by atoms with Crippen LogP contribution < -0.4 is 5.32 Å². The van der Waals surface area contributed by atoms with E-state index < -0.39 is 22.3 Å². The number of nitro groups is 1. The molecular formula is C10H12N4O5S. The van der Waals surface area contributed by atoms with Gasteiger partial charge in [0.2, 0.25) is 5.91 Å². The number of carboxylic acids is 1. The van der Waals surface area contributed by atoms with Gasteiger partial charge >= 0.3 is 11.8 Å². The van der Waals surface area contributed by atoms with Crippen molar-refractivity contribution in [2.45, 2.75) is 18.5 Å². The molecule has 0 radical (unpaired) electrons. The molecule has 1 fully saturated rings. The number of carboxylic acid groups (broad SMARTS) is 1. The summed E-state index contributed by atoms with van der Waals surface area (Å²) in [4.78, 5) is 32.9. The highest BCUT2D eigenvalue weighted by molar-refractivity contribution is 7.99. The lowest BCUT2D eigenvalue weighted by Crippen LogP contribution is -2.55. The lowest BCUT2D eigenvalue weighted by molar-refractivity contribution is -0.389. The van der Waals surface area contributed by atoms with E-state index in [1.807, 2.05) is 0 Å². The van der Waals surface area contributed by atoms with Crippen LogP contribution in [0.2, 0.25) is 0 Å². The molecular weight excluding hydrogens is 288 g/mol. The average molecular weight is 300 g/mol. The zero-order valence-corrected chi connectivity index (χ0v) is 11.1. The normalized spacial score (nSPS) is 21.6. The van der Waals surface area contributed by atoms with Crippen molar-refractivity contribution in [3.8, 4) is 0 Å². The highest BCUT2D eigenvalue weighted by atomic mass is 32.2. The van der Waals surface area contributed by atoms with Crippen LogP contribution in [0, 0.1) is 10.1 Å². The first kappa shape index (κ1) is 14.3. The largest absolute Gasteiger partial charge is 0.479 e. The molecule has 1 saturated heterocycles. The fourth-order valence-corrected chi connectivity index (χ4v) is 3.20. The standard InChI is InChI=1S/C10H12N4O5S/c15-8(5-13-3-1-7(12-13)14(18)19)11-10(9(16)17)2-4-20-6-10/h1,3H,2,4-6H2,(H,11,15)(H,16,17). The van der Waals surface area contributed by atoms with E-state index in [0.29, 0.717) is 17.9 Å². The van der Waals surface area contributed by atoms with E-state index in [1.54, 1.807) is 0 Å². The molecule has 0 bridgehead atoms. The second-order valence-electron chi connectivity index (χ2n) is 4.37. The molecule has 1 aliphatic heterocycles. The molecule has 1 aromatic heterocycles. The molecule has 20 heavy (non-hydrogen) atoms. The number of hydrogen-bond acceptors (Lipinski definition) is 6. The number of amides is 1. The summed E-state index contributed by atoms with van der Waals surface area (Å²) in [5, 5.41) is 25.8. The predicted octanol–water partition coefficient (Wildman–Crippen LogP) is -0.132. The van der Waals surface area contributed by atoms with Gasteiger partial charge in [0.15, 0.2) is 0 Å². The van der Waals surface area contributed by atoms with Crippen LogP contribution in [0.15, 0.2) is 12.3 Å². The van der Waals surface area contributed by atoms with E-state index >= 15 is 0 Å². The third-order valence-electron chi connectivity index (χ3n) is 2.93. The molecule has 1 unspecified atom stereocenters. The summed E-state index contributed by atoms with van der Waals surface area (Å²) in [5.41, 5.74) is -1.25. The molecule has 2 N–H and O–H groups in total. The summed E-state index contributed by atoms with van der Waals surface area (Å²) in [6, 6.07) is 1.17. The molecule has 1 aliphatic rings. The number of nitrogens with zero attached hydrogens (tertiary/aromatic N) is 3. The number of rotatable bonds is 5. The van der Waals surface area contributed by atoms with E-state index in [2.05, 4.69) is 10.4 Å². The molecule has 9 nitrogen and oxygen atoms in total. The van der Waals surface area contributed by atoms with Gasteiger partial charge in [-0.05, 0) is 17.1 Å². The Balaban J connectivity index is 2.01. The van der Waals surface area contributed by atoms with Gasteiger partial charge in [-0.1, -0.05) is 0 Å². The van der Waals surface area contributed by atoms with Crippen molar-refractivity contribution >= 4 is 29.5 Å². The Morgan fingerprint density at radius 2 is 2.40 bits per heavy atom. The minimum Gasteiger partial charge on any atom is -0.479 e. The minimum absolute atomic E-state index is 0.256. The Bertz CT molecular complexity index is 552. The van der Waals surface area contributed by atoms with Gasteiger partial charge in [-0.2, -0.15) is 16.4 Å². The molecule has 2 heterocycles. The first-order valence-electron chi connectivity index (χ1n) is 5.73. The summed E-state index contributed by atoms with van der Waals surface area (Å²) in [6.07, 6.45) is 1.66. The first-order valence-corrected chi connectivity index (χ1v) is 6.88. The Labute approximate surface area is 117 Å². The molecule has 108 valence electrons. The van der Waals surface area contributed by atoms with E-state index in [1.165, 1.54) is 24.0 Å². The second kappa shape index (κ2) is 5.49. The fourth-order valence-electron chi connectivity index (χ4n) is 1.88. The van der Waals surface area contributed by atoms with E-state index in [0.717, 1.165) is 4.68 Å². The van der Waals surface area contributed by atoms with E-state index in [-0.39, 0.29) is 12.4 Å². The Kier molecular flexibility index (Phi) is 3.93. The first-order chi connectivity index (χ1) is 9.43. The van der Waals surface area contributed by atoms with Crippen molar-refractivity contribution in [2.24, 2.45) is 0 Å². The van der Waals surface area contributed by atoms with Crippen LogP contribution in [-0.2, 0) is 16.1 Å². The Morgan fingerprint density at radius 1 is 1.65 bits per heavy atom. The summed E-state index contributed by atoms with van der Waals surface area (Å²) in [5.74, 6) is -0.981. The van der Waals surface area contributed by atoms with Crippen LogP contribution in [0.4, 0.5) is 5.82 Å². The predicted molar refractivity (Wildman–Crippen MR) is 69.3 cm³/mol. The number of hydrogen-bond donors (Lipinski definition) is 2. The van der Waals surface area contributed by atoms with Gasteiger partial charge in [0.25, 0.3) is 0 Å². The lowest BCUT2D eigenvalue weighted by atomic mass is 9.99. The maximum Gasteiger partial charge on any atom is 0.389 e. The van der Waals surface area contributed by atoms with Crippen molar-refractivity contribution in [3.05, 3.63) is 22.4 Å². The van der Waals surface area contributed by atoms with Crippen LogP contribution in [0.1, 0.15) is 6.42 Å². The smallest absolute Gasteiger partial charge is 0.389 e. The van der Waals surface area contributed by atoms with Gasteiger partial charge in [-0.3, -0.25) is 4.79 Å². The van der Waals surface area contributed by atoms with Crippen LogP contribution in [0.5, 0.6) is 0 Å². The summed E-state index contributed by atoms with van der Waals surface area (Å²) >= 11 is 1.46. The van der Waals surface area contributed by atoms with Crippen molar-refractivity contribution in [1.29, 1.82) is 0 Å². The Hall–Kier alpha value is -2.10. The van der Waals surface area contributed by atoms with Crippen LogP contribution in [0.25, 0.3) is 0 Å². The number of nitrogens with one attached hydrogen (secondary N) is 1. The Morgan fingerprint density at radius 3 is 2.90 bits per heavy atom. The molecule has 1 aromatic rings. The fraction of sp³-hybridized carbons (Fsp3) is 0.500. The van der Waals surface area contributed by atoms with E-state index in [9.17, 15) is 24.8 Å². The maximum absolute atomic E-state index is 11.8. The monoisotopic (exact) mass is 300 g/mol. The van der Waals surface area contributed by atoms with Crippen LogP contribution in [-0.4, -0.2) is 48.7 Å². The summed E-state index contributed by atoms with van der Waals surface area (Å²) in [7, 11) is 0. The summed E-state index contributed by atoms with van der Waals surface area (Å²) < 4.78 is 1.10. The molecule has 2 rings (SSSR count). The maximum atomic E-state index is 11.8. The zero-order chi connectivity index (χ0) is 14.8. The molecule has 10 heteroatoms.